The second kappa shape index (κ2) is 11.1. The fourth-order valence-corrected chi connectivity index (χ4v) is 7.60. The van der Waals surface area contributed by atoms with Crippen LogP contribution in [-0.4, -0.2) is 54.2 Å². The minimum Gasteiger partial charge on any atom is -0.349 e. The molecule has 1 atom stereocenters. The van der Waals surface area contributed by atoms with Gasteiger partial charge in [-0.3, -0.25) is 14.5 Å². The van der Waals surface area contributed by atoms with Crippen molar-refractivity contribution in [3.05, 3.63) is 53.6 Å². The second-order valence-electron chi connectivity index (χ2n) is 7.64. The number of nitrogens with one attached hydrogen (secondary N) is 1. The van der Waals surface area contributed by atoms with Crippen LogP contribution in [0.15, 0.2) is 31.8 Å². The molecule has 1 amide bonds. The summed E-state index contributed by atoms with van der Waals surface area (Å²) in [5, 5.41) is 3.87. The number of amides is 1. The largest absolute Gasteiger partial charge is 0.349 e. The van der Waals surface area contributed by atoms with Gasteiger partial charge in [-0.05, 0) is 43.5 Å². The number of hydrogen-bond donors (Lipinski definition) is 1. The van der Waals surface area contributed by atoms with Crippen molar-refractivity contribution < 1.29 is 9.59 Å². The maximum Gasteiger partial charge on any atom is 0.221 e. The van der Waals surface area contributed by atoms with Crippen LogP contribution in [0.2, 0.25) is 5.02 Å². The van der Waals surface area contributed by atoms with Crippen molar-refractivity contribution in [1.82, 2.24) is 15.1 Å². The number of benzene rings is 1. The highest BCUT2D eigenvalue weighted by Gasteiger charge is 2.36. The molecule has 0 spiro atoms. The molecule has 1 aliphatic heterocycles. The van der Waals surface area contributed by atoms with Gasteiger partial charge < -0.3 is 10.2 Å². The zero-order valence-corrected chi connectivity index (χ0v) is 22.3. The minimum absolute atomic E-state index is 0. The van der Waals surface area contributed by atoms with E-state index in [1.165, 1.54) is 11.3 Å². The third-order valence-corrected chi connectivity index (χ3v) is 8.63. The summed E-state index contributed by atoms with van der Waals surface area (Å²) in [4.78, 5) is 29.5. The average molecular weight is 612 g/mol. The Morgan fingerprint density at radius 1 is 1.13 bits per heavy atom. The lowest BCUT2D eigenvalue weighted by Gasteiger charge is -2.34. The normalized spacial score (nSPS) is 19.2. The molecule has 1 fully saturated rings. The maximum absolute atomic E-state index is 12.5. The Balaban J connectivity index is 0.00000272. The summed E-state index contributed by atoms with van der Waals surface area (Å²) >= 11 is 14.7. The minimum atomic E-state index is -0.232. The molecule has 2 aromatic rings. The Morgan fingerprint density at radius 3 is 2.52 bits per heavy atom. The van der Waals surface area contributed by atoms with Crippen molar-refractivity contribution in [3.63, 3.8) is 0 Å². The van der Waals surface area contributed by atoms with Gasteiger partial charge in [-0.15, -0.1) is 23.7 Å². The molecule has 168 valence electrons. The highest BCUT2D eigenvalue weighted by Crippen LogP contribution is 2.46. The molecule has 4 rings (SSSR count). The number of carbonyl (C=O) groups excluding carboxylic acids is 2. The highest BCUT2D eigenvalue weighted by molar-refractivity contribution is 9.12. The lowest BCUT2D eigenvalue weighted by molar-refractivity contribution is -0.122. The summed E-state index contributed by atoms with van der Waals surface area (Å²) < 4.78 is 1.75. The molecule has 5 nitrogen and oxygen atoms in total. The Hall–Kier alpha value is -0.480. The molecule has 0 bridgehead atoms. The van der Waals surface area contributed by atoms with Gasteiger partial charge >= 0.3 is 0 Å². The number of carbonyl (C=O) groups is 2. The first-order valence-corrected chi connectivity index (χ1v) is 12.7. The number of nitrogens with zero attached hydrogens (tertiary/aromatic N) is 2. The fourth-order valence-electron chi connectivity index (χ4n) is 4.04. The van der Waals surface area contributed by atoms with E-state index in [9.17, 15) is 9.59 Å². The van der Waals surface area contributed by atoms with Crippen LogP contribution in [0.25, 0.3) is 0 Å². The second-order valence-corrected chi connectivity index (χ2v) is 11.7. The van der Waals surface area contributed by atoms with Crippen molar-refractivity contribution >= 4 is 78.9 Å². The smallest absolute Gasteiger partial charge is 0.221 e. The van der Waals surface area contributed by atoms with Gasteiger partial charge in [-0.2, -0.15) is 0 Å². The van der Waals surface area contributed by atoms with Crippen LogP contribution in [-0.2, 0) is 11.3 Å². The Labute approximate surface area is 214 Å². The van der Waals surface area contributed by atoms with Gasteiger partial charge in [-0.25, -0.2) is 0 Å². The van der Waals surface area contributed by atoms with E-state index in [1.54, 1.807) is 0 Å². The quantitative estimate of drug-likeness (QED) is 0.482. The van der Waals surface area contributed by atoms with Gasteiger partial charge in [0.1, 0.15) is 0 Å². The first kappa shape index (κ1) is 25.1. The Kier molecular flexibility index (Phi) is 9.00. The third kappa shape index (κ3) is 5.91. The topological polar surface area (TPSA) is 52.7 Å². The summed E-state index contributed by atoms with van der Waals surface area (Å²) in [5.74, 6) is 0.0761. The SMILES string of the molecule is Cl.O=C(CCN1CCN(Cc2ccccc2Cl)CC1)NC1CC(=O)c2c(Br)sc(Br)c21. The average Bonchev–Trinajstić information content (AvgIpc) is 3.20. The first-order chi connectivity index (χ1) is 14.4. The molecule has 1 N–H and O–H groups in total. The summed E-state index contributed by atoms with van der Waals surface area (Å²) in [6.45, 7) is 5.39. The van der Waals surface area contributed by atoms with E-state index < -0.39 is 0 Å². The molecule has 1 aliphatic carbocycles. The number of halogens is 4. The number of Topliss-reactive ketones (excluding diaryl/α,β-unsaturated/α-hetero) is 1. The molecule has 0 saturated carbocycles. The van der Waals surface area contributed by atoms with Crippen LogP contribution < -0.4 is 5.32 Å². The zero-order chi connectivity index (χ0) is 21.3. The standard InChI is InChI=1S/C21H22Br2ClN3O2S.ClH/c22-20-18-15(11-16(28)19(18)21(23)30-20)25-17(29)5-6-26-7-9-27(10-8-26)12-13-3-1-2-4-14(13)24;/h1-4,15H,5-12H2,(H,25,29);1H. The molecule has 31 heavy (non-hydrogen) atoms. The summed E-state index contributed by atoms with van der Waals surface area (Å²) in [6.07, 6.45) is 0.773. The molecule has 1 aromatic heterocycles. The summed E-state index contributed by atoms with van der Waals surface area (Å²) in [5.41, 5.74) is 2.79. The lowest BCUT2D eigenvalue weighted by atomic mass is 10.1. The van der Waals surface area contributed by atoms with Gasteiger partial charge in [0.25, 0.3) is 0 Å². The van der Waals surface area contributed by atoms with E-state index in [2.05, 4.69) is 53.0 Å². The van der Waals surface area contributed by atoms with Crippen LogP contribution in [0.1, 0.15) is 40.4 Å². The molecule has 10 heteroatoms. The molecular weight excluding hydrogens is 589 g/mol. The van der Waals surface area contributed by atoms with Crippen molar-refractivity contribution in [2.75, 3.05) is 32.7 Å². The third-order valence-electron chi connectivity index (χ3n) is 5.68. The number of piperazine rings is 1. The Bertz CT molecular complexity index is 964. The van der Waals surface area contributed by atoms with Crippen molar-refractivity contribution in [2.45, 2.75) is 25.4 Å². The van der Waals surface area contributed by atoms with Gasteiger partial charge in [0, 0.05) is 68.3 Å². The van der Waals surface area contributed by atoms with Crippen molar-refractivity contribution in [3.8, 4) is 0 Å². The molecule has 1 unspecified atom stereocenters. The van der Waals surface area contributed by atoms with Crippen LogP contribution in [0, 0.1) is 0 Å². The van der Waals surface area contributed by atoms with Gasteiger partial charge in [0.05, 0.1) is 13.6 Å². The molecule has 2 aliphatic rings. The molecule has 1 saturated heterocycles. The fraction of sp³-hybridized carbons (Fsp3) is 0.429. The molecule has 1 aromatic carbocycles. The van der Waals surface area contributed by atoms with Crippen LogP contribution in [0.5, 0.6) is 0 Å². The van der Waals surface area contributed by atoms with Crippen LogP contribution in [0.3, 0.4) is 0 Å². The number of ketones is 1. The van der Waals surface area contributed by atoms with E-state index in [1.807, 2.05) is 18.2 Å². The van der Waals surface area contributed by atoms with Crippen LogP contribution in [0.4, 0.5) is 0 Å². The van der Waals surface area contributed by atoms with E-state index in [-0.39, 0.29) is 30.1 Å². The van der Waals surface area contributed by atoms with Crippen molar-refractivity contribution in [2.24, 2.45) is 0 Å². The van der Waals surface area contributed by atoms with E-state index in [0.29, 0.717) is 18.4 Å². The lowest BCUT2D eigenvalue weighted by Crippen LogP contribution is -2.46. The van der Waals surface area contributed by atoms with Gasteiger partial charge in [0.15, 0.2) is 5.78 Å². The molecular formula is C21H23Br2Cl2N3O2S. The zero-order valence-electron chi connectivity index (χ0n) is 16.7. The predicted octanol–water partition coefficient (Wildman–Crippen LogP) is 5.30. The predicted molar refractivity (Wildman–Crippen MR) is 135 cm³/mol. The van der Waals surface area contributed by atoms with Crippen molar-refractivity contribution in [1.29, 1.82) is 0 Å². The van der Waals surface area contributed by atoms with Crippen LogP contribution >= 0.6 is 67.2 Å². The number of thiophene rings is 1. The number of hydrogen-bond acceptors (Lipinski definition) is 5. The first-order valence-electron chi connectivity index (χ1n) is 9.90. The van der Waals surface area contributed by atoms with E-state index >= 15 is 0 Å². The van der Waals surface area contributed by atoms with Gasteiger partial charge in [-0.1, -0.05) is 29.8 Å². The number of rotatable bonds is 6. The maximum atomic E-state index is 12.5. The van der Waals surface area contributed by atoms with E-state index in [4.69, 9.17) is 11.6 Å². The monoisotopic (exact) mass is 609 g/mol. The molecule has 0 radical (unpaired) electrons. The summed E-state index contributed by atoms with van der Waals surface area (Å²) in [6, 6.07) is 7.74. The Morgan fingerprint density at radius 2 is 1.81 bits per heavy atom. The van der Waals surface area contributed by atoms with Gasteiger partial charge in [0.2, 0.25) is 5.91 Å². The number of fused-ring (bicyclic) bond motifs is 1. The summed E-state index contributed by atoms with van der Waals surface area (Å²) in [7, 11) is 0. The highest BCUT2D eigenvalue weighted by atomic mass is 79.9. The molecule has 2 heterocycles. The van der Waals surface area contributed by atoms with E-state index in [0.717, 1.165) is 63.0 Å².